The number of hydrogen-bond acceptors (Lipinski definition) is 8. The molecule has 0 saturated carbocycles. The van der Waals surface area contributed by atoms with Gasteiger partial charge in [0.15, 0.2) is 17.2 Å². The highest BCUT2D eigenvalue weighted by Crippen LogP contribution is 2.37. The third-order valence-electron chi connectivity index (χ3n) is 7.39. The van der Waals surface area contributed by atoms with Gasteiger partial charge in [0.05, 0.1) is 23.5 Å². The first kappa shape index (κ1) is 31.3. The number of nitrogens with two attached hydrogens (primary N) is 1. The SMILES string of the molecule is CCc1cc(Nc2nccn3c(-c4cn(CC#N)nc4C(F)(F)F)cnc23)ccc1C(=O)NCCCNC(=O)N1CCC(N)C1. The summed E-state index contributed by atoms with van der Waals surface area (Å²) in [4.78, 5) is 35.4. The molecule has 1 fully saturated rings. The van der Waals surface area contributed by atoms with Crippen LogP contribution in [0, 0.1) is 11.3 Å². The van der Waals surface area contributed by atoms with Crippen molar-refractivity contribution in [2.45, 2.75) is 44.9 Å². The van der Waals surface area contributed by atoms with Gasteiger partial charge in [0.2, 0.25) is 0 Å². The molecule has 1 unspecified atom stereocenters. The Morgan fingerprint density at radius 2 is 2.00 bits per heavy atom. The first-order valence-corrected chi connectivity index (χ1v) is 14.4. The van der Waals surface area contributed by atoms with Crippen LogP contribution >= 0.6 is 0 Å². The van der Waals surface area contributed by atoms with Gasteiger partial charge in [0.25, 0.3) is 5.91 Å². The number of anilines is 2. The summed E-state index contributed by atoms with van der Waals surface area (Å²) < 4.78 is 43.7. The van der Waals surface area contributed by atoms with Crippen LogP contribution in [0.4, 0.5) is 29.5 Å². The van der Waals surface area contributed by atoms with Gasteiger partial charge in [0.1, 0.15) is 6.54 Å². The number of hydrogen-bond donors (Lipinski definition) is 4. The maximum absolute atomic E-state index is 13.8. The van der Waals surface area contributed by atoms with Crippen LogP contribution in [0.2, 0.25) is 0 Å². The fraction of sp³-hybridized carbons (Fsp3) is 0.379. The summed E-state index contributed by atoms with van der Waals surface area (Å²) in [6, 6.07) is 6.85. The van der Waals surface area contributed by atoms with Crippen molar-refractivity contribution >= 4 is 29.1 Å². The molecular weight excluding hydrogens is 591 g/mol. The normalized spacial score (nSPS) is 14.8. The Balaban J connectivity index is 1.26. The Kier molecular flexibility index (Phi) is 9.18. The third kappa shape index (κ3) is 6.99. The molecule has 0 radical (unpaired) electrons. The van der Waals surface area contributed by atoms with Crippen LogP contribution in [0.25, 0.3) is 16.9 Å². The molecule has 236 valence electrons. The number of urea groups is 1. The Hall–Kier alpha value is -5.17. The minimum absolute atomic E-state index is 0.0150. The zero-order valence-electron chi connectivity index (χ0n) is 24.4. The van der Waals surface area contributed by atoms with Gasteiger partial charge in [-0.3, -0.25) is 13.9 Å². The average Bonchev–Trinajstić information content (AvgIpc) is 3.75. The summed E-state index contributed by atoms with van der Waals surface area (Å²) in [6.07, 6.45) is 2.55. The van der Waals surface area contributed by atoms with E-state index in [1.165, 1.54) is 29.2 Å². The van der Waals surface area contributed by atoms with Crippen molar-refractivity contribution in [3.05, 3.63) is 59.8 Å². The van der Waals surface area contributed by atoms with E-state index in [0.29, 0.717) is 56.1 Å². The summed E-state index contributed by atoms with van der Waals surface area (Å²) >= 11 is 0. The lowest BCUT2D eigenvalue weighted by Gasteiger charge is -2.16. The van der Waals surface area contributed by atoms with Crippen LogP contribution in [0.5, 0.6) is 0 Å². The first-order chi connectivity index (χ1) is 21.6. The van der Waals surface area contributed by atoms with Gasteiger partial charge in [-0.05, 0) is 43.0 Å². The molecule has 16 heteroatoms. The number of likely N-dealkylation sites (tertiary alicyclic amines) is 1. The Morgan fingerprint density at radius 1 is 1.20 bits per heavy atom. The van der Waals surface area contributed by atoms with E-state index in [2.05, 4.69) is 31.0 Å². The average molecular weight is 624 g/mol. The predicted molar refractivity (Wildman–Crippen MR) is 158 cm³/mol. The van der Waals surface area contributed by atoms with Gasteiger partial charge in [-0.15, -0.1) is 0 Å². The summed E-state index contributed by atoms with van der Waals surface area (Å²) in [5, 5.41) is 21.4. The van der Waals surface area contributed by atoms with Crippen LogP contribution < -0.4 is 21.7 Å². The zero-order valence-corrected chi connectivity index (χ0v) is 24.4. The first-order valence-electron chi connectivity index (χ1n) is 14.4. The molecule has 1 saturated heterocycles. The number of rotatable bonds is 10. The van der Waals surface area contributed by atoms with Crippen molar-refractivity contribution in [2.75, 3.05) is 31.5 Å². The number of imidazole rings is 1. The van der Waals surface area contributed by atoms with E-state index in [0.717, 1.165) is 16.7 Å². The molecule has 1 aliphatic heterocycles. The molecular formula is C29H32F3N11O2. The highest BCUT2D eigenvalue weighted by Gasteiger charge is 2.38. The molecule has 1 atom stereocenters. The fourth-order valence-corrected chi connectivity index (χ4v) is 5.16. The van der Waals surface area contributed by atoms with E-state index in [1.54, 1.807) is 29.2 Å². The molecule has 13 nitrogen and oxygen atoms in total. The van der Waals surface area contributed by atoms with Crippen LogP contribution in [0.3, 0.4) is 0 Å². The highest BCUT2D eigenvalue weighted by molar-refractivity contribution is 5.96. The lowest BCUT2D eigenvalue weighted by molar-refractivity contribution is -0.141. The molecule has 0 spiro atoms. The van der Waals surface area contributed by atoms with Crippen molar-refractivity contribution in [3.8, 4) is 17.3 Å². The number of halogens is 3. The number of aryl methyl sites for hydroxylation is 1. The number of amides is 3. The van der Waals surface area contributed by atoms with E-state index >= 15 is 0 Å². The standard InChI is InChI=1S/C29H32F3N11O2/c1-2-18-14-20(4-5-21(18)27(44)36-8-3-9-37-28(45)41-11-6-19(34)16-41)39-25-26-38-15-23(43(26)13-10-35-25)22-17-42(12-7-33)40-24(22)29(30,31)32/h4-5,10,13-15,17,19H,2-3,6,8-9,11-12,16,34H2,1H3,(H,35,39)(H,36,44)(H,37,45). The van der Waals surface area contributed by atoms with Gasteiger partial charge in [0, 0.05) is 62.1 Å². The fourth-order valence-electron chi connectivity index (χ4n) is 5.16. The lowest BCUT2D eigenvalue weighted by Crippen LogP contribution is -2.40. The van der Waals surface area contributed by atoms with Crippen molar-refractivity contribution < 1.29 is 22.8 Å². The third-order valence-corrected chi connectivity index (χ3v) is 7.39. The molecule has 4 heterocycles. The molecule has 0 aliphatic carbocycles. The number of aromatic nitrogens is 5. The number of benzene rings is 1. The summed E-state index contributed by atoms with van der Waals surface area (Å²) in [5.74, 6) is 0.0460. The van der Waals surface area contributed by atoms with Crippen LogP contribution in [0.15, 0.2) is 43.0 Å². The van der Waals surface area contributed by atoms with Crippen LogP contribution in [-0.2, 0) is 19.1 Å². The van der Waals surface area contributed by atoms with Gasteiger partial charge >= 0.3 is 12.2 Å². The van der Waals surface area contributed by atoms with E-state index < -0.39 is 11.9 Å². The van der Waals surface area contributed by atoms with Crippen molar-refractivity contribution in [3.63, 3.8) is 0 Å². The summed E-state index contributed by atoms with van der Waals surface area (Å²) in [7, 11) is 0. The smallest absolute Gasteiger partial charge is 0.352 e. The Bertz CT molecular complexity index is 1740. The topological polar surface area (TPSA) is 171 Å². The van der Waals surface area contributed by atoms with Gasteiger partial charge < -0.3 is 26.6 Å². The zero-order chi connectivity index (χ0) is 32.1. The number of nitrogens with one attached hydrogen (secondary N) is 3. The molecule has 4 aromatic rings. The monoisotopic (exact) mass is 623 g/mol. The highest BCUT2D eigenvalue weighted by atomic mass is 19.4. The number of carbonyl (C=O) groups excluding carboxylic acids is 2. The molecule has 5 rings (SSSR count). The molecule has 5 N–H and O–H groups in total. The van der Waals surface area contributed by atoms with Crippen LogP contribution in [0.1, 0.15) is 41.4 Å². The maximum Gasteiger partial charge on any atom is 0.435 e. The van der Waals surface area contributed by atoms with Gasteiger partial charge in [-0.2, -0.15) is 23.5 Å². The largest absolute Gasteiger partial charge is 0.435 e. The second-order valence-electron chi connectivity index (χ2n) is 10.5. The number of alkyl halides is 3. The Morgan fingerprint density at radius 3 is 2.71 bits per heavy atom. The van der Waals surface area contributed by atoms with Crippen molar-refractivity contribution in [2.24, 2.45) is 5.73 Å². The second-order valence-corrected chi connectivity index (χ2v) is 10.5. The quantitative estimate of drug-likeness (QED) is 0.195. The van der Waals surface area contributed by atoms with E-state index in [9.17, 15) is 22.8 Å². The molecule has 1 aromatic carbocycles. The van der Waals surface area contributed by atoms with Crippen LogP contribution in [-0.4, -0.2) is 73.2 Å². The van der Waals surface area contributed by atoms with Crippen molar-refractivity contribution in [1.29, 1.82) is 5.26 Å². The molecule has 3 amide bonds. The van der Waals surface area contributed by atoms with E-state index in [-0.39, 0.29) is 41.4 Å². The summed E-state index contributed by atoms with van der Waals surface area (Å²) in [6.45, 7) is 3.56. The molecule has 45 heavy (non-hydrogen) atoms. The molecule has 1 aliphatic rings. The second kappa shape index (κ2) is 13.2. The number of carbonyl (C=O) groups is 2. The molecule has 0 bridgehead atoms. The minimum Gasteiger partial charge on any atom is -0.352 e. The van der Waals surface area contributed by atoms with Gasteiger partial charge in [-0.25, -0.2) is 14.8 Å². The van der Waals surface area contributed by atoms with Crippen molar-refractivity contribution in [1.82, 2.24) is 39.7 Å². The maximum atomic E-state index is 13.8. The molecule has 3 aromatic heterocycles. The number of nitrogens with zero attached hydrogens (tertiary/aromatic N) is 7. The number of nitriles is 1. The predicted octanol–water partition coefficient (Wildman–Crippen LogP) is 3.30. The lowest BCUT2D eigenvalue weighted by atomic mass is 10.0. The minimum atomic E-state index is -4.74. The number of fused-ring (bicyclic) bond motifs is 1. The van der Waals surface area contributed by atoms with E-state index in [1.807, 2.05) is 6.92 Å². The Labute approximate surface area is 256 Å². The summed E-state index contributed by atoms with van der Waals surface area (Å²) in [5.41, 5.74) is 6.79. The van der Waals surface area contributed by atoms with Gasteiger partial charge in [-0.1, -0.05) is 6.92 Å². The van der Waals surface area contributed by atoms with E-state index in [4.69, 9.17) is 11.0 Å².